The highest BCUT2D eigenvalue weighted by Gasteiger charge is 2.05. The molecule has 27 heavy (non-hydrogen) atoms. The van der Waals surface area contributed by atoms with Crippen molar-refractivity contribution in [3.63, 3.8) is 0 Å². The van der Waals surface area contributed by atoms with Crippen LogP contribution in [0.1, 0.15) is 11.1 Å². The van der Waals surface area contributed by atoms with Crippen LogP contribution in [0.4, 0.5) is 11.4 Å². The van der Waals surface area contributed by atoms with E-state index in [1.54, 1.807) is 24.3 Å². The number of nitro benzene ring substituents is 1. The molecule has 1 N–H and O–H groups in total. The van der Waals surface area contributed by atoms with Gasteiger partial charge in [0.15, 0.2) is 0 Å². The summed E-state index contributed by atoms with van der Waals surface area (Å²) in [6, 6.07) is 19.4. The standard InChI is InChI=1S/C20H16Cl2N2O3/c21-19-9-6-16(11-20(19)22)23-12-15-2-1-3-18(10-15)27-13-14-4-7-17(8-5-14)24(25)26/h1-11,23H,12-13H2. The van der Waals surface area contributed by atoms with Crippen molar-refractivity contribution in [1.29, 1.82) is 0 Å². The van der Waals surface area contributed by atoms with Gasteiger partial charge in [0.05, 0.1) is 15.0 Å². The Morgan fingerprint density at radius 1 is 0.926 bits per heavy atom. The number of rotatable bonds is 7. The summed E-state index contributed by atoms with van der Waals surface area (Å²) in [5.41, 5.74) is 2.85. The number of ether oxygens (including phenoxy) is 1. The van der Waals surface area contributed by atoms with E-state index in [9.17, 15) is 10.1 Å². The van der Waals surface area contributed by atoms with Gasteiger partial charge in [0.2, 0.25) is 0 Å². The van der Waals surface area contributed by atoms with Crippen LogP contribution in [-0.2, 0) is 13.2 Å². The maximum absolute atomic E-state index is 10.7. The van der Waals surface area contributed by atoms with Crippen LogP contribution < -0.4 is 10.1 Å². The molecule has 0 spiro atoms. The van der Waals surface area contributed by atoms with E-state index in [4.69, 9.17) is 27.9 Å². The fourth-order valence-corrected chi connectivity index (χ4v) is 2.73. The Hall–Kier alpha value is -2.76. The van der Waals surface area contributed by atoms with Crippen molar-refractivity contribution in [2.24, 2.45) is 0 Å². The number of nitrogens with zero attached hydrogens (tertiary/aromatic N) is 1. The van der Waals surface area contributed by atoms with Crippen LogP contribution in [0, 0.1) is 10.1 Å². The Kier molecular flexibility index (Phi) is 6.16. The zero-order valence-corrected chi connectivity index (χ0v) is 15.7. The van der Waals surface area contributed by atoms with E-state index in [0.29, 0.717) is 23.2 Å². The molecule has 0 amide bonds. The Bertz CT molecular complexity index is 946. The van der Waals surface area contributed by atoms with Crippen molar-refractivity contribution in [2.45, 2.75) is 13.2 Å². The van der Waals surface area contributed by atoms with Crippen LogP contribution >= 0.6 is 23.2 Å². The average Bonchev–Trinajstić information content (AvgIpc) is 2.68. The lowest BCUT2D eigenvalue weighted by Gasteiger charge is -2.10. The number of non-ortho nitro benzene ring substituents is 1. The van der Waals surface area contributed by atoms with Gasteiger partial charge in [0, 0.05) is 24.4 Å². The highest BCUT2D eigenvalue weighted by Crippen LogP contribution is 2.25. The van der Waals surface area contributed by atoms with Gasteiger partial charge in [-0.05, 0) is 53.6 Å². The van der Waals surface area contributed by atoms with Crippen LogP contribution in [0.15, 0.2) is 66.7 Å². The molecule has 0 radical (unpaired) electrons. The van der Waals surface area contributed by atoms with Crippen LogP contribution in [0.3, 0.4) is 0 Å². The summed E-state index contributed by atoms with van der Waals surface area (Å²) >= 11 is 11.9. The van der Waals surface area contributed by atoms with Crippen molar-refractivity contribution in [2.75, 3.05) is 5.32 Å². The summed E-state index contributed by atoms with van der Waals surface area (Å²) in [5.74, 6) is 0.724. The molecule has 0 unspecified atom stereocenters. The molecule has 0 saturated heterocycles. The molecule has 0 heterocycles. The Morgan fingerprint density at radius 2 is 1.70 bits per heavy atom. The minimum Gasteiger partial charge on any atom is -0.489 e. The number of nitro groups is 1. The van der Waals surface area contributed by atoms with Crippen molar-refractivity contribution >= 4 is 34.6 Å². The molecular formula is C20H16Cl2N2O3. The second kappa shape index (κ2) is 8.75. The van der Waals surface area contributed by atoms with E-state index in [0.717, 1.165) is 22.6 Å². The van der Waals surface area contributed by atoms with Gasteiger partial charge in [-0.2, -0.15) is 0 Å². The zero-order valence-electron chi connectivity index (χ0n) is 14.2. The van der Waals surface area contributed by atoms with Gasteiger partial charge < -0.3 is 10.1 Å². The molecule has 5 nitrogen and oxygen atoms in total. The smallest absolute Gasteiger partial charge is 0.269 e. The molecule has 3 aromatic carbocycles. The number of hydrogen-bond donors (Lipinski definition) is 1. The predicted octanol–water partition coefficient (Wildman–Crippen LogP) is 6.09. The average molecular weight is 403 g/mol. The quantitative estimate of drug-likeness (QED) is 0.383. The molecule has 0 aliphatic rings. The zero-order chi connectivity index (χ0) is 19.2. The first kappa shape index (κ1) is 19.0. The summed E-state index contributed by atoms with van der Waals surface area (Å²) in [5, 5.41) is 15.0. The predicted molar refractivity (Wildman–Crippen MR) is 108 cm³/mol. The maximum Gasteiger partial charge on any atom is 0.269 e. The van der Waals surface area contributed by atoms with Crippen molar-refractivity contribution < 1.29 is 9.66 Å². The largest absolute Gasteiger partial charge is 0.489 e. The van der Waals surface area contributed by atoms with Crippen molar-refractivity contribution in [3.05, 3.63) is 98.0 Å². The molecule has 0 aliphatic carbocycles. The monoisotopic (exact) mass is 402 g/mol. The molecule has 3 rings (SSSR count). The fourth-order valence-electron chi connectivity index (χ4n) is 2.44. The SMILES string of the molecule is O=[N+]([O-])c1ccc(COc2cccc(CNc3ccc(Cl)c(Cl)c3)c2)cc1. The third kappa shape index (κ3) is 5.36. The number of benzene rings is 3. The molecule has 0 bridgehead atoms. The molecule has 0 atom stereocenters. The maximum atomic E-state index is 10.7. The van der Waals surface area contributed by atoms with Gasteiger partial charge in [-0.3, -0.25) is 10.1 Å². The first-order chi connectivity index (χ1) is 13.0. The molecule has 0 fully saturated rings. The Morgan fingerprint density at radius 3 is 2.41 bits per heavy atom. The van der Waals surface area contributed by atoms with Crippen LogP contribution in [-0.4, -0.2) is 4.92 Å². The van der Waals surface area contributed by atoms with Gasteiger partial charge in [-0.1, -0.05) is 35.3 Å². The van der Waals surface area contributed by atoms with Crippen LogP contribution in [0.2, 0.25) is 10.0 Å². The highest BCUT2D eigenvalue weighted by atomic mass is 35.5. The fraction of sp³-hybridized carbons (Fsp3) is 0.100. The third-order valence-electron chi connectivity index (χ3n) is 3.87. The van der Waals surface area contributed by atoms with Gasteiger partial charge in [-0.25, -0.2) is 0 Å². The minimum atomic E-state index is -0.422. The lowest BCUT2D eigenvalue weighted by Crippen LogP contribution is -2.01. The number of nitrogens with one attached hydrogen (secondary N) is 1. The third-order valence-corrected chi connectivity index (χ3v) is 4.61. The lowest BCUT2D eigenvalue weighted by atomic mass is 10.2. The molecule has 0 aromatic heterocycles. The molecular weight excluding hydrogens is 387 g/mol. The van der Waals surface area contributed by atoms with Crippen LogP contribution in [0.5, 0.6) is 5.75 Å². The topological polar surface area (TPSA) is 64.4 Å². The summed E-state index contributed by atoms with van der Waals surface area (Å²) in [6.45, 7) is 0.939. The van der Waals surface area contributed by atoms with E-state index in [1.165, 1.54) is 12.1 Å². The van der Waals surface area contributed by atoms with Gasteiger partial charge in [0.1, 0.15) is 12.4 Å². The second-order valence-corrected chi connectivity index (χ2v) is 6.66. The van der Waals surface area contributed by atoms with Gasteiger partial charge in [0.25, 0.3) is 5.69 Å². The summed E-state index contributed by atoms with van der Waals surface area (Å²) < 4.78 is 5.78. The molecule has 0 aliphatic heterocycles. The Labute approximate surface area is 166 Å². The Balaban J connectivity index is 1.58. The van der Waals surface area contributed by atoms with E-state index in [2.05, 4.69) is 5.32 Å². The number of hydrogen-bond acceptors (Lipinski definition) is 4. The second-order valence-electron chi connectivity index (χ2n) is 5.84. The van der Waals surface area contributed by atoms with Crippen LogP contribution in [0.25, 0.3) is 0 Å². The highest BCUT2D eigenvalue weighted by molar-refractivity contribution is 6.42. The first-order valence-electron chi connectivity index (χ1n) is 8.15. The minimum absolute atomic E-state index is 0.0640. The van der Waals surface area contributed by atoms with Crippen molar-refractivity contribution in [3.8, 4) is 5.75 Å². The lowest BCUT2D eigenvalue weighted by molar-refractivity contribution is -0.384. The molecule has 0 saturated carbocycles. The van der Waals surface area contributed by atoms with E-state index in [-0.39, 0.29) is 5.69 Å². The number of halogens is 2. The number of anilines is 1. The molecule has 138 valence electrons. The van der Waals surface area contributed by atoms with Gasteiger partial charge in [-0.15, -0.1) is 0 Å². The normalized spacial score (nSPS) is 10.4. The van der Waals surface area contributed by atoms with E-state index in [1.807, 2.05) is 30.3 Å². The first-order valence-corrected chi connectivity index (χ1v) is 8.91. The summed E-state index contributed by atoms with van der Waals surface area (Å²) in [4.78, 5) is 10.3. The molecule has 3 aromatic rings. The van der Waals surface area contributed by atoms with E-state index < -0.39 is 4.92 Å². The van der Waals surface area contributed by atoms with Crippen molar-refractivity contribution in [1.82, 2.24) is 0 Å². The van der Waals surface area contributed by atoms with E-state index >= 15 is 0 Å². The molecule has 7 heteroatoms. The summed E-state index contributed by atoms with van der Waals surface area (Å²) in [7, 11) is 0. The summed E-state index contributed by atoms with van der Waals surface area (Å²) in [6.07, 6.45) is 0. The van der Waals surface area contributed by atoms with Gasteiger partial charge >= 0.3 is 0 Å².